The summed E-state index contributed by atoms with van der Waals surface area (Å²) in [6.45, 7) is 1.53. The monoisotopic (exact) mass is 251 g/mol. The summed E-state index contributed by atoms with van der Waals surface area (Å²) in [5.41, 5.74) is 3.74. The van der Waals surface area contributed by atoms with Gasteiger partial charge >= 0.3 is 0 Å². The third-order valence-electron chi connectivity index (χ3n) is 2.94. The van der Waals surface area contributed by atoms with Gasteiger partial charge in [-0.1, -0.05) is 36.4 Å². The lowest BCUT2D eigenvalue weighted by atomic mass is 10.1. The van der Waals surface area contributed by atoms with Gasteiger partial charge in [-0.05, 0) is 30.2 Å². The zero-order valence-electron chi connectivity index (χ0n) is 10.6. The molecule has 0 saturated heterocycles. The van der Waals surface area contributed by atoms with Crippen molar-refractivity contribution in [1.82, 2.24) is 4.98 Å². The van der Waals surface area contributed by atoms with E-state index < -0.39 is 0 Å². The Balaban J connectivity index is 2.03. The first kappa shape index (κ1) is 11.7. The number of nitrogens with zero attached hydrogens (tertiary/aromatic N) is 1. The average molecular weight is 251 g/mol. The smallest absolute Gasteiger partial charge is 0.202 e. The molecule has 0 amide bonds. The standard InChI is InChI=1S/C16H13NO2/c1-11(18)9-16-17-14-10-13(7-8-15(14)19-16)12-5-3-2-4-6-12/h2-8,10H,9H2,1H3. The van der Waals surface area contributed by atoms with Crippen molar-refractivity contribution in [2.75, 3.05) is 0 Å². The van der Waals surface area contributed by atoms with Crippen molar-refractivity contribution in [2.24, 2.45) is 0 Å². The largest absolute Gasteiger partial charge is 0.440 e. The molecule has 19 heavy (non-hydrogen) atoms. The molecule has 1 aromatic heterocycles. The average Bonchev–Trinajstić information content (AvgIpc) is 2.79. The predicted octanol–water partition coefficient (Wildman–Crippen LogP) is 3.63. The van der Waals surface area contributed by atoms with E-state index in [0.717, 1.165) is 22.2 Å². The Morgan fingerprint density at radius 3 is 2.63 bits per heavy atom. The van der Waals surface area contributed by atoms with E-state index in [1.54, 1.807) is 0 Å². The van der Waals surface area contributed by atoms with Crippen LogP contribution in [0.4, 0.5) is 0 Å². The number of carbonyl (C=O) groups excluding carboxylic acids is 1. The molecule has 0 spiro atoms. The van der Waals surface area contributed by atoms with Gasteiger partial charge in [-0.25, -0.2) is 4.98 Å². The first-order valence-electron chi connectivity index (χ1n) is 6.17. The Morgan fingerprint density at radius 1 is 1.11 bits per heavy atom. The molecule has 3 nitrogen and oxygen atoms in total. The number of aromatic nitrogens is 1. The van der Waals surface area contributed by atoms with Crippen LogP contribution in [0.1, 0.15) is 12.8 Å². The molecule has 0 fully saturated rings. The molecule has 0 unspecified atom stereocenters. The van der Waals surface area contributed by atoms with Crippen molar-refractivity contribution in [1.29, 1.82) is 0 Å². The van der Waals surface area contributed by atoms with Gasteiger partial charge in [0.15, 0.2) is 5.58 Å². The summed E-state index contributed by atoms with van der Waals surface area (Å²) in [4.78, 5) is 15.4. The molecule has 94 valence electrons. The number of hydrogen-bond acceptors (Lipinski definition) is 3. The van der Waals surface area contributed by atoms with Crippen LogP contribution in [0.3, 0.4) is 0 Å². The summed E-state index contributed by atoms with van der Waals surface area (Å²) in [7, 11) is 0. The Morgan fingerprint density at radius 2 is 1.89 bits per heavy atom. The van der Waals surface area contributed by atoms with Crippen molar-refractivity contribution >= 4 is 16.9 Å². The van der Waals surface area contributed by atoms with Crippen LogP contribution >= 0.6 is 0 Å². The highest BCUT2D eigenvalue weighted by Crippen LogP contribution is 2.24. The van der Waals surface area contributed by atoms with Crippen LogP contribution in [0.15, 0.2) is 52.9 Å². The first-order chi connectivity index (χ1) is 9.22. The maximum Gasteiger partial charge on any atom is 0.202 e. The van der Waals surface area contributed by atoms with E-state index in [-0.39, 0.29) is 12.2 Å². The number of ketones is 1. The van der Waals surface area contributed by atoms with Gasteiger partial charge in [-0.15, -0.1) is 0 Å². The number of oxazole rings is 1. The summed E-state index contributed by atoms with van der Waals surface area (Å²) >= 11 is 0. The van der Waals surface area contributed by atoms with E-state index in [0.29, 0.717) is 5.89 Å². The Labute approximate surface area is 110 Å². The van der Waals surface area contributed by atoms with Crippen molar-refractivity contribution in [3.8, 4) is 11.1 Å². The van der Waals surface area contributed by atoms with E-state index in [4.69, 9.17) is 4.42 Å². The second-order valence-corrected chi connectivity index (χ2v) is 4.53. The lowest BCUT2D eigenvalue weighted by Crippen LogP contribution is -1.95. The fraction of sp³-hybridized carbons (Fsp3) is 0.125. The minimum Gasteiger partial charge on any atom is -0.440 e. The fourth-order valence-corrected chi connectivity index (χ4v) is 2.07. The molecular formula is C16H13NO2. The fourth-order valence-electron chi connectivity index (χ4n) is 2.07. The van der Waals surface area contributed by atoms with Gasteiger partial charge in [0.2, 0.25) is 5.89 Å². The van der Waals surface area contributed by atoms with Crippen molar-refractivity contribution in [3.05, 3.63) is 54.4 Å². The van der Waals surface area contributed by atoms with Crippen LogP contribution < -0.4 is 0 Å². The zero-order valence-corrected chi connectivity index (χ0v) is 10.6. The van der Waals surface area contributed by atoms with Gasteiger partial charge in [0.1, 0.15) is 11.3 Å². The zero-order chi connectivity index (χ0) is 13.2. The Bertz CT molecular complexity index is 729. The van der Waals surface area contributed by atoms with Gasteiger partial charge < -0.3 is 4.42 Å². The lowest BCUT2D eigenvalue weighted by Gasteiger charge is -1.99. The molecule has 3 rings (SSSR count). The van der Waals surface area contributed by atoms with Crippen molar-refractivity contribution < 1.29 is 9.21 Å². The summed E-state index contributed by atoms with van der Waals surface area (Å²) in [6, 6.07) is 16.0. The Hall–Kier alpha value is -2.42. The maximum atomic E-state index is 11.1. The van der Waals surface area contributed by atoms with Gasteiger partial charge in [-0.3, -0.25) is 4.79 Å². The van der Waals surface area contributed by atoms with Crippen LogP contribution in [0, 0.1) is 0 Å². The van der Waals surface area contributed by atoms with Gasteiger partial charge in [0, 0.05) is 0 Å². The molecule has 0 aliphatic heterocycles. The lowest BCUT2D eigenvalue weighted by molar-refractivity contribution is -0.116. The number of carbonyl (C=O) groups is 1. The predicted molar refractivity (Wildman–Crippen MR) is 73.8 cm³/mol. The number of Topliss-reactive ketones (excluding diaryl/α,β-unsaturated/α-hetero) is 1. The SMILES string of the molecule is CC(=O)Cc1nc2cc(-c3ccccc3)ccc2o1. The summed E-state index contributed by atoms with van der Waals surface area (Å²) in [5.74, 6) is 0.530. The van der Waals surface area contributed by atoms with Crippen LogP contribution in [0.25, 0.3) is 22.2 Å². The molecule has 0 saturated carbocycles. The molecule has 3 heteroatoms. The highest BCUT2D eigenvalue weighted by Gasteiger charge is 2.08. The van der Waals surface area contributed by atoms with E-state index >= 15 is 0 Å². The molecule has 0 radical (unpaired) electrons. The highest BCUT2D eigenvalue weighted by atomic mass is 16.3. The molecule has 1 heterocycles. The van der Waals surface area contributed by atoms with Crippen LogP contribution in [-0.2, 0) is 11.2 Å². The summed E-state index contributed by atoms with van der Waals surface area (Å²) in [5, 5.41) is 0. The van der Waals surface area contributed by atoms with E-state index in [9.17, 15) is 4.79 Å². The molecule has 0 aliphatic carbocycles. The van der Waals surface area contributed by atoms with Crippen molar-refractivity contribution in [2.45, 2.75) is 13.3 Å². The first-order valence-corrected chi connectivity index (χ1v) is 6.17. The van der Waals surface area contributed by atoms with Crippen LogP contribution in [0.2, 0.25) is 0 Å². The van der Waals surface area contributed by atoms with E-state index in [2.05, 4.69) is 17.1 Å². The Kier molecular flexibility index (Phi) is 2.88. The highest BCUT2D eigenvalue weighted by molar-refractivity contribution is 5.82. The van der Waals surface area contributed by atoms with E-state index in [1.807, 2.05) is 36.4 Å². The quantitative estimate of drug-likeness (QED) is 0.714. The second-order valence-electron chi connectivity index (χ2n) is 4.53. The number of fused-ring (bicyclic) bond motifs is 1. The molecule has 3 aromatic rings. The van der Waals surface area contributed by atoms with Gasteiger partial charge in [0.25, 0.3) is 0 Å². The van der Waals surface area contributed by atoms with Crippen LogP contribution in [0.5, 0.6) is 0 Å². The molecule has 0 bridgehead atoms. The molecule has 0 atom stereocenters. The molecule has 0 N–H and O–H groups in total. The molecule has 2 aromatic carbocycles. The summed E-state index contributed by atoms with van der Waals surface area (Å²) in [6.07, 6.45) is 0.245. The number of hydrogen-bond donors (Lipinski definition) is 0. The third-order valence-corrected chi connectivity index (χ3v) is 2.94. The normalized spacial score (nSPS) is 10.8. The van der Waals surface area contributed by atoms with Crippen molar-refractivity contribution in [3.63, 3.8) is 0 Å². The molecular weight excluding hydrogens is 238 g/mol. The van der Waals surface area contributed by atoms with E-state index in [1.165, 1.54) is 6.92 Å². The minimum absolute atomic E-state index is 0.0508. The minimum atomic E-state index is 0.0508. The second kappa shape index (κ2) is 4.69. The summed E-state index contributed by atoms with van der Waals surface area (Å²) < 4.78 is 5.54. The topological polar surface area (TPSA) is 43.1 Å². The third kappa shape index (κ3) is 2.40. The molecule has 0 aliphatic rings. The number of rotatable bonds is 3. The number of benzene rings is 2. The maximum absolute atomic E-state index is 11.1. The van der Waals surface area contributed by atoms with Gasteiger partial charge in [-0.2, -0.15) is 0 Å². The van der Waals surface area contributed by atoms with Crippen LogP contribution in [-0.4, -0.2) is 10.8 Å². The van der Waals surface area contributed by atoms with Gasteiger partial charge in [0.05, 0.1) is 6.42 Å².